The Labute approximate surface area is 327 Å². The van der Waals surface area contributed by atoms with Crippen LogP contribution in [0.15, 0.2) is 164 Å². The van der Waals surface area contributed by atoms with E-state index in [2.05, 4.69) is 185 Å². The Kier molecular flexibility index (Phi) is 6.94. The van der Waals surface area contributed by atoms with Gasteiger partial charge in [0.05, 0.1) is 11.4 Å². The van der Waals surface area contributed by atoms with E-state index in [9.17, 15) is 0 Å². The summed E-state index contributed by atoms with van der Waals surface area (Å²) < 4.78 is 0. The SMILES string of the molecule is CC1(C)c2ccccc2-c2cc3c(cc21)-c1ccc(-c2cc(-c4cccc5ccccc45)nc(-c4cc(-c5cccc6ccccc56)ccn4)n2)cc1C3(C)C. The quantitative estimate of drug-likeness (QED) is 0.182. The topological polar surface area (TPSA) is 38.7 Å². The van der Waals surface area contributed by atoms with Gasteiger partial charge in [-0.1, -0.05) is 149 Å². The van der Waals surface area contributed by atoms with Crippen LogP contribution in [-0.2, 0) is 10.8 Å². The highest BCUT2D eigenvalue weighted by atomic mass is 14.9. The zero-order valence-electron chi connectivity index (χ0n) is 31.9. The molecule has 56 heavy (non-hydrogen) atoms. The molecule has 0 fully saturated rings. The number of benzene rings is 7. The highest BCUT2D eigenvalue weighted by Gasteiger charge is 2.41. The third-order valence-corrected chi connectivity index (χ3v) is 12.6. The van der Waals surface area contributed by atoms with E-state index >= 15 is 0 Å². The molecule has 11 rings (SSSR count). The van der Waals surface area contributed by atoms with E-state index in [1.807, 2.05) is 6.20 Å². The van der Waals surface area contributed by atoms with Crippen molar-refractivity contribution in [1.29, 1.82) is 0 Å². The lowest BCUT2D eigenvalue weighted by molar-refractivity contribution is 0.652. The summed E-state index contributed by atoms with van der Waals surface area (Å²) in [5.41, 5.74) is 17.5. The van der Waals surface area contributed by atoms with Crippen molar-refractivity contribution < 1.29 is 0 Å². The van der Waals surface area contributed by atoms with Gasteiger partial charge in [-0.3, -0.25) is 4.98 Å². The Morgan fingerprint density at radius 2 is 0.911 bits per heavy atom. The highest BCUT2D eigenvalue weighted by molar-refractivity contribution is 5.98. The van der Waals surface area contributed by atoms with E-state index < -0.39 is 0 Å². The van der Waals surface area contributed by atoms with Crippen LogP contribution >= 0.6 is 0 Å². The first-order valence-corrected chi connectivity index (χ1v) is 19.5. The predicted molar refractivity (Wildman–Crippen MR) is 232 cm³/mol. The molecule has 2 aliphatic carbocycles. The Morgan fingerprint density at radius 3 is 1.66 bits per heavy atom. The summed E-state index contributed by atoms with van der Waals surface area (Å²) in [7, 11) is 0. The van der Waals surface area contributed by atoms with Crippen LogP contribution < -0.4 is 0 Å². The first kappa shape index (κ1) is 32.7. The van der Waals surface area contributed by atoms with Crippen LogP contribution in [0.3, 0.4) is 0 Å². The lowest BCUT2D eigenvalue weighted by atomic mass is 9.79. The molecule has 0 N–H and O–H groups in total. The normalized spacial score (nSPS) is 14.4. The molecule has 0 unspecified atom stereocenters. The minimum absolute atomic E-state index is 0.0535. The Hall–Kier alpha value is -6.71. The molecule has 3 heteroatoms. The number of hydrogen-bond acceptors (Lipinski definition) is 3. The zero-order valence-corrected chi connectivity index (χ0v) is 31.9. The van der Waals surface area contributed by atoms with Gasteiger partial charge in [-0.15, -0.1) is 0 Å². The molecule has 3 nitrogen and oxygen atoms in total. The van der Waals surface area contributed by atoms with Crippen LogP contribution in [0.1, 0.15) is 49.9 Å². The predicted octanol–water partition coefficient (Wildman–Crippen LogP) is 13.5. The molecule has 2 heterocycles. The Morgan fingerprint density at radius 1 is 0.357 bits per heavy atom. The van der Waals surface area contributed by atoms with Gasteiger partial charge < -0.3 is 0 Å². The zero-order chi connectivity index (χ0) is 37.8. The van der Waals surface area contributed by atoms with Gasteiger partial charge in [-0.05, 0) is 114 Å². The smallest absolute Gasteiger partial charge is 0.179 e. The largest absolute Gasteiger partial charge is 0.253 e. The van der Waals surface area contributed by atoms with Gasteiger partial charge in [0.2, 0.25) is 0 Å². The van der Waals surface area contributed by atoms with Gasteiger partial charge >= 0.3 is 0 Å². The van der Waals surface area contributed by atoms with Gasteiger partial charge in [-0.25, -0.2) is 9.97 Å². The highest BCUT2D eigenvalue weighted by Crippen LogP contribution is 2.56. The van der Waals surface area contributed by atoms with Crippen molar-refractivity contribution in [3.63, 3.8) is 0 Å². The summed E-state index contributed by atoms with van der Waals surface area (Å²) in [6, 6.07) is 57.1. The minimum Gasteiger partial charge on any atom is -0.253 e. The molecule has 0 radical (unpaired) electrons. The fourth-order valence-corrected chi connectivity index (χ4v) is 9.58. The van der Waals surface area contributed by atoms with Crippen molar-refractivity contribution in [2.75, 3.05) is 0 Å². The van der Waals surface area contributed by atoms with E-state index in [0.717, 1.165) is 44.7 Å². The maximum absolute atomic E-state index is 5.32. The van der Waals surface area contributed by atoms with Crippen molar-refractivity contribution in [3.8, 4) is 67.4 Å². The van der Waals surface area contributed by atoms with Crippen molar-refractivity contribution in [2.24, 2.45) is 0 Å². The number of pyridine rings is 1. The fraction of sp³-hybridized carbons (Fsp3) is 0.113. The van der Waals surface area contributed by atoms with Crippen LogP contribution in [0.5, 0.6) is 0 Å². The molecule has 0 saturated heterocycles. The number of fused-ring (bicyclic) bond motifs is 8. The molecule has 7 aromatic carbocycles. The van der Waals surface area contributed by atoms with E-state index in [1.165, 1.54) is 60.7 Å². The van der Waals surface area contributed by atoms with E-state index in [4.69, 9.17) is 15.0 Å². The molecule has 2 aromatic heterocycles. The Bertz CT molecular complexity index is 3090. The van der Waals surface area contributed by atoms with Gasteiger partial charge in [0.1, 0.15) is 5.69 Å². The maximum atomic E-state index is 5.32. The molecule has 0 saturated carbocycles. The lowest BCUT2D eigenvalue weighted by Gasteiger charge is -2.24. The number of hydrogen-bond donors (Lipinski definition) is 0. The van der Waals surface area contributed by atoms with Gasteiger partial charge in [0, 0.05) is 28.2 Å². The first-order valence-electron chi connectivity index (χ1n) is 19.5. The number of aromatic nitrogens is 3. The third-order valence-electron chi connectivity index (χ3n) is 12.6. The van der Waals surface area contributed by atoms with E-state index in [1.54, 1.807) is 0 Å². The summed E-state index contributed by atoms with van der Waals surface area (Å²) in [6.07, 6.45) is 1.88. The van der Waals surface area contributed by atoms with Gasteiger partial charge in [-0.2, -0.15) is 0 Å². The molecule has 0 spiro atoms. The summed E-state index contributed by atoms with van der Waals surface area (Å²) in [4.78, 5) is 15.5. The molecular weight excluding hydrogens is 679 g/mol. The summed E-state index contributed by atoms with van der Waals surface area (Å²) in [6.45, 7) is 9.47. The standard InChI is InChI=1S/C53H39N3/c1-52(2)44-22-10-9-19-39(44)42-29-47-43(30-46(42)52)40-24-23-35(27-45(40)53(47,3)4)48-31-49(41-21-12-16-33-14-6-8-18-37(33)41)56-51(55-48)50-28-34(25-26-54-50)38-20-11-15-32-13-5-7-17-36(32)38/h5-31H,1-4H3. The number of nitrogens with zero attached hydrogens (tertiary/aromatic N) is 3. The molecule has 2 aliphatic rings. The van der Waals surface area contributed by atoms with Gasteiger partial charge in [0.25, 0.3) is 0 Å². The average molecular weight is 718 g/mol. The van der Waals surface area contributed by atoms with Crippen molar-refractivity contribution in [2.45, 2.75) is 38.5 Å². The van der Waals surface area contributed by atoms with Crippen LogP contribution in [0.25, 0.3) is 89.0 Å². The summed E-state index contributed by atoms with van der Waals surface area (Å²) in [5, 5.41) is 4.75. The molecular formula is C53H39N3. The molecule has 0 amide bonds. The van der Waals surface area contributed by atoms with Crippen LogP contribution in [-0.4, -0.2) is 15.0 Å². The van der Waals surface area contributed by atoms with Gasteiger partial charge in [0.15, 0.2) is 5.82 Å². The Balaban J connectivity index is 1.08. The van der Waals surface area contributed by atoms with E-state index in [-0.39, 0.29) is 10.8 Å². The monoisotopic (exact) mass is 717 g/mol. The minimum atomic E-state index is -0.194. The molecule has 0 atom stereocenters. The van der Waals surface area contributed by atoms with Crippen LogP contribution in [0.2, 0.25) is 0 Å². The fourth-order valence-electron chi connectivity index (χ4n) is 9.58. The van der Waals surface area contributed by atoms with Crippen molar-refractivity contribution >= 4 is 21.5 Å². The maximum Gasteiger partial charge on any atom is 0.179 e. The van der Waals surface area contributed by atoms with Crippen LogP contribution in [0.4, 0.5) is 0 Å². The van der Waals surface area contributed by atoms with Crippen molar-refractivity contribution in [3.05, 3.63) is 186 Å². The van der Waals surface area contributed by atoms with Crippen molar-refractivity contribution in [1.82, 2.24) is 15.0 Å². The second-order valence-electron chi connectivity index (χ2n) is 16.4. The molecule has 0 bridgehead atoms. The summed E-state index contributed by atoms with van der Waals surface area (Å²) in [5.74, 6) is 0.605. The third kappa shape index (κ3) is 4.80. The molecule has 266 valence electrons. The summed E-state index contributed by atoms with van der Waals surface area (Å²) >= 11 is 0. The second kappa shape index (κ2) is 11.9. The molecule has 0 aliphatic heterocycles. The first-order chi connectivity index (χ1) is 27.3. The average Bonchev–Trinajstić information content (AvgIpc) is 3.61. The molecule has 9 aromatic rings. The second-order valence-corrected chi connectivity index (χ2v) is 16.4. The lowest BCUT2D eigenvalue weighted by Crippen LogP contribution is -2.17. The van der Waals surface area contributed by atoms with E-state index in [0.29, 0.717) is 5.82 Å². The number of rotatable bonds is 4. The van der Waals surface area contributed by atoms with Crippen LogP contribution in [0, 0.1) is 0 Å².